The maximum absolute atomic E-state index is 10.9. The maximum Gasteiger partial charge on any atom is 0.235 e. The highest BCUT2D eigenvalue weighted by molar-refractivity contribution is 8.14. The van der Waals surface area contributed by atoms with E-state index in [1.165, 1.54) is 0 Å². The zero-order valence-corrected chi connectivity index (χ0v) is 8.00. The number of halogens is 1. The average molecular weight is 197 g/mol. The van der Waals surface area contributed by atoms with Crippen molar-refractivity contribution in [3.8, 4) is 0 Å². The van der Waals surface area contributed by atoms with E-state index in [9.17, 15) is 8.42 Å². The Hall–Kier alpha value is 0.240. The van der Waals surface area contributed by atoms with Crippen LogP contribution >= 0.6 is 10.7 Å². The van der Waals surface area contributed by atoms with Gasteiger partial charge < -0.3 is 0 Å². The molecule has 4 heteroatoms. The van der Waals surface area contributed by atoms with Crippen LogP contribution in [0, 0.1) is 0 Å². The third-order valence-corrected chi connectivity index (χ3v) is 4.22. The van der Waals surface area contributed by atoms with Gasteiger partial charge in [0.2, 0.25) is 9.05 Å². The van der Waals surface area contributed by atoms with Crippen LogP contribution in [0.2, 0.25) is 0 Å². The number of hydrogen-bond acceptors (Lipinski definition) is 2. The highest BCUT2D eigenvalue weighted by Gasteiger charge is 2.23. The maximum atomic E-state index is 10.9. The van der Waals surface area contributed by atoms with Crippen molar-refractivity contribution in [2.45, 2.75) is 43.8 Å². The Morgan fingerprint density at radius 2 is 1.45 bits per heavy atom. The Morgan fingerprint density at radius 1 is 1.00 bits per heavy atom. The third kappa shape index (κ3) is 2.99. The zero-order chi connectivity index (χ0) is 8.32. The quantitative estimate of drug-likeness (QED) is 0.476. The molecule has 1 aliphatic carbocycles. The zero-order valence-electron chi connectivity index (χ0n) is 6.42. The molecule has 0 atom stereocenters. The molecule has 0 aromatic rings. The van der Waals surface area contributed by atoms with E-state index in [0.717, 1.165) is 38.5 Å². The van der Waals surface area contributed by atoms with Crippen molar-refractivity contribution in [2.24, 2.45) is 0 Å². The SMILES string of the molecule is O=S(=O)(Cl)C1CCCCCC1. The van der Waals surface area contributed by atoms with Crippen LogP contribution in [-0.4, -0.2) is 13.7 Å². The van der Waals surface area contributed by atoms with Gasteiger partial charge in [0.15, 0.2) is 0 Å². The Balaban J connectivity index is 2.57. The molecule has 1 fully saturated rings. The van der Waals surface area contributed by atoms with Crippen molar-refractivity contribution in [3.05, 3.63) is 0 Å². The van der Waals surface area contributed by atoms with Gasteiger partial charge in [-0.3, -0.25) is 0 Å². The Labute approximate surface area is 72.4 Å². The molecule has 0 heterocycles. The second-order valence-electron chi connectivity index (χ2n) is 3.09. The Bertz CT molecular complexity index is 202. The summed E-state index contributed by atoms with van der Waals surface area (Å²) in [5.41, 5.74) is 0. The average Bonchev–Trinajstić information content (AvgIpc) is 2.10. The van der Waals surface area contributed by atoms with Gasteiger partial charge in [0.1, 0.15) is 0 Å². The minimum atomic E-state index is -3.28. The van der Waals surface area contributed by atoms with Crippen LogP contribution in [0.1, 0.15) is 38.5 Å². The van der Waals surface area contributed by atoms with Crippen LogP contribution in [-0.2, 0) is 9.05 Å². The summed E-state index contributed by atoms with van der Waals surface area (Å²) in [4.78, 5) is 0. The van der Waals surface area contributed by atoms with Crippen molar-refractivity contribution in [2.75, 3.05) is 0 Å². The van der Waals surface area contributed by atoms with Gasteiger partial charge >= 0.3 is 0 Å². The molecule has 1 saturated carbocycles. The fourth-order valence-electron chi connectivity index (χ4n) is 1.52. The van der Waals surface area contributed by atoms with Crippen molar-refractivity contribution in [1.82, 2.24) is 0 Å². The minimum Gasteiger partial charge on any atom is -0.212 e. The normalized spacial score (nSPS) is 23.0. The van der Waals surface area contributed by atoms with Crippen LogP contribution < -0.4 is 0 Å². The smallest absolute Gasteiger partial charge is 0.212 e. The molecule has 0 aliphatic heterocycles. The number of hydrogen-bond donors (Lipinski definition) is 0. The molecule has 0 aromatic heterocycles. The lowest BCUT2D eigenvalue weighted by atomic mass is 10.2. The summed E-state index contributed by atoms with van der Waals surface area (Å²) in [6.45, 7) is 0. The summed E-state index contributed by atoms with van der Waals surface area (Å²) in [7, 11) is 1.98. The van der Waals surface area contributed by atoms with E-state index in [1.807, 2.05) is 0 Å². The molecule has 0 amide bonds. The molecule has 0 N–H and O–H groups in total. The Kier molecular flexibility index (Phi) is 3.19. The van der Waals surface area contributed by atoms with E-state index in [-0.39, 0.29) is 5.25 Å². The minimum absolute atomic E-state index is 0.272. The van der Waals surface area contributed by atoms with Crippen LogP contribution in [0.15, 0.2) is 0 Å². The van der Waals surface area contributed by atoms with Crippen LogP contribution in [0.4, 0.5) is 0 Å². The van der Waals surface area contributed by atoms with Crippen LogP contribution in [0.5, 0.6) is 0 Å². The lowest BCUT2D eigenvalue weighted by Gasteiger charge is -2.07. The molecule has 1 aliphatic rings. The van der Waals surface area contributed by atoms with Gasteiger partial charge in [0.05, 0.1) is 5.25 Å². The first-order valence-electron chi connectivity index (χ1n) is 4.04. The summed E-state index contributed by atoms with van der Waals surface area (Å²) >= 11 is 0. The first-order chi connectivity index (χ1) is 5.11. The van der Waals surface area contributed by atoms with Crippen molar-refractivity contribution in [3.63, 3.8) is 0 Å². The van der Waals surface area contributed by atoms with Gasteiger partial charge in [0, 0.05) is 10.7 Å². The molecule has 1 rings (SSSR count). The van der Waals surface area contributed by atoms with E-state index in [0.29, 0.717) is 0 Å². The van der Waals surface area contributed by atoms with Gasteiger partial charge in [-0.05, 0) is 12.8 Å². The molecular formula is C7H13ClO2S. The summed E-state index contributed by atoms with van der Waals surface area (Å²) in [5, 5.41) is -0.272. The van der Waals surface area contributed by atoms with Crippen molar-refractivity contribution < 1.29 is 8.42 Å². The molecule has 2 nitrogen and oxygen atoms in total. The standard InChI is InChI=1S/C7H13ClO2S/c8-11(9,10)7-5-3-1-2-4-6-7/h7H,1-6H2. The van der Waals surface area contributed by atoms with E-state index in [1.54, 1.807) is 0 Å². The highest BCUT2D eigenvalue weighted by Crippen LogP contribution is 2.24. The number of rotatable bonds is 1. The molecule has 0 bridgehead atoms. The molecule has 0 saturated heterocycles. The van der Waals surface area contributed by atoms with E-state index in [4.69, 9.17) is 10.7 Å². The first-order valence-corrected chi connectivity index (χ1v) is 6.41. The fourth-order valence-corrected chi connectivity index (χ4v) is 2.95. The first kappa shape index (κ1) is 9.33. The Morgan fingerprint density at radius 3 is 1.82 bits per heavy atom. The van der Waals surface area contributed by atoms with Gasteiger partial charge in [-0.15, -0.1) is 0 Å². The van der Waals surface area contributed by atoms with Crippen molar-refractivity contribution >= 4 is 19.7 Å². The predicted molar refractivity (Wildman–Crippen MR) is 46.3 cm³/mol. The summed E-state index contributed by atoms with van der Waals surface area (Å²) < 4.78 is 21.8. The molecule has 0 radical (unpaired) electrons. The van der Waals surface area contributed by atoms with Crippen LogP contribution in [0.3, 0.4) is 0 Å². The van der Waals surface area contributed by atoms with E-state index < -0.39 is 9.05 Å². The summed E-state index contributed by atoms with van der Waals surface area (Å²) in [6, 6.07) is 0. The van der Waals surface area contributed by atoms with Crippen LogP contribution in [0.25, 0.3) is 0 Å². The molecule has 66 valence electrons. The fraction of sp³-hybridized carbons (Fsp3) is 1.00. The molecular weight excluding hydrogens is 184 g/mol. The topological polar surface area (TPSA) is 34.1 Å². The largest absolute Gasteiger partial charge is 0.235 e. The molecule has 0 aromatic carbocycles. The monoisotopic (exact) mass is 196 g/mol. The van der Waals surface area contributed by atoms with Crippen molar-refractivity contribution in [1.29, 1.82) is 0 Å². The van der Waals surface area contributed by atoms with Gasteiger partial charge in [-0.25, -0.2) is 8.42 Å². The highest BCUT2D eigenvalue weighted by atomic mass is 35.7. The molecule has 0 unspecified atom stereocenters. The van der Waals surface area contributed by atoms with Gasteiger partial charge in [-0.1, -0.05) is 25.7 Å². The predicted octanol–water partition coefficient (Wildman–Crippen LogP) is 2.28. The van der Waals surface area contributed by atoms with Gasteiger partial charge in [0.25, 0.3) is 0 Å². The van der Waals surface area contributed by atoms with E-state index in [2.05, 4.69) is 0 Å². The molecule has 11 heavy (non-hydrogen) atoms. The van der Waals surface area contributed by atoms with Gasteiger partial charge in [-0.2, -0.15) is 0 Å². The summed E-state index contributed by atoms with van der Waals surface area (Å²) in [6.07, 6.45) is 5.84. The lowest BCUT2D eigenvalue weighted by Crippen LogP contribution is -2.14. The second-order valence-corrected chi connectivity index (χ2v) is 6.00. The lowest BCUT2D eigenvalue weighted by molar-refractivity contribution is 0.577. The van der Waals surface area contributed by atoms with E-state index >= 15 is 0 Å². The second kappa shape index (κ2) is 3.76. The molecule has 0 spiro atoms. The third-order valence-electron chi connectivity index (χ3n) is 2.20. The summed E-state index contributed by atoms with van der Waals surface area (Å²) in [5.74, 6) is 0.